The number of hydrogen-bond acceptors (Lipinski definition) is 5. The molecule has 4 rings (SSSR count). The lowest BCUT2D eigenvalue weighted by Gasteiger charge is -2.42. The zero-order valence-electron chi connectivity index (χ0n) is 18.6. The number of halogens is 6. The minimum Gasteiger partial charge on any atom is -0.490 e. The summed E-state index contributed by atoms with van der Waals surface area (Å²) in [4.78, 5) is 9.52. The van der Waals surface area contributed by atoms with Crippen LogP contribution in [0, 0.1) is 11.8 Å². The molecule has 0 radical (unpaired) electrons. The van der Waals surface area contributed by atoms with Crippen molar-refractivity contribution in [1.82, 2.24) is 10.0 Å². The zero-order valence-corrected chi connectivity index (χ0v) is 18.6. The van der Waals surface area contributed by atoms with Gasteiger partial charge in [0.05, 0.1) is 23.8 Å². The zero-order chi connectivity index (χ0) is 25.2. The monoisotopic (exact) mass is 500 g/mol. The van der Waals surface area contributed by atoms with E-state index in [0.29, 0.717) is 31.9 Å². The minimum absolute atomic E-state index is 0.00839. The molecule has 3 heterocycles. The van der Waals surface area contributed by atoms with Crippen molar-refractivity contribution in [2.24, 2.45) is 0 Å². The molecule has 1 aromatic heterocycles. The molecule has 0 spiro atoms. The molecule has 0 saturated carbocycles. The Hall–Kier alpha value is -3.13. The van der Waals surface area contributed by atoms with Crippen molar-refractivity contribution in [2.75, 3.05) is 6.61 Å². The summed E-state index contributed by atoms with van der Waals surface area (Å²) in [7, 11) is 0. The van der Waals surface area contributed by atoms with Crippen molar-refractivity contribution < 1.29 is 40.7 Å². The summed E-state index contributed by atoms with van der Waals surface area (Å²) in [5, 5.41) is 1.60. The first kappa shape index (κ1) is 25.0. The lowest BCUT2D eigenvalue weighted by atomic mass is 9.90. The normalized spacial score (nSPS) is 22.2. The Labute approximate surface area is 197 Å². The van der Waals surface area contributed by atoms with Crippen molar-refractivity contribution >= 4 is 0 Å². The van der Waals surface area contributed by atoms with Gasteiger partial charge in [-0.05, 0) is 30.7 Å². The van der Waals surface area contributed by atoms with Gasteiger partial charge in [-0.1, -0.05) is 18.8 Å². The SMILES string of the molecule is CCCOc1cc(C(F)(F)F)ccc1O[C@H]1C[C@H]2CC#C[C@@H](C1)N2Oc1ccc(C(F)(F)F)cn1. The van der Waals surface area contributed by atoms with Gasteiger partial charge in [-0.2, -0.15) is 26.3 Å². The molecule has 3 atom stereocenters. The average molecular weight is 500 g/mol. The van der Waals surface area contributed by atoms with Gasteiger partial charge in [-0.3, -0.25) is 0 Å². The minimum atomic E-state index is -4.51. The fourth-order valence-electron chi connectivity index (χ4n) is 3.93. The van der Waals surface area contributed by atoms with Crippen molar-refractivity contribution in [2.45, 2.75) is 63.1 Å². The fourth-order valence-corrected chi connectivity index (χ4v) is 3.93. The Morgan fingerprint density at radius 1 is 1.00 bits per heavy atom. The predicted octanol–water partition coefficient (Wildman–Crippen LogP) is 5.89. The van der Waals surface area contributed by atoms with Crippen LogP contribution in [-0.4, -0.2) is 34.8 Å². The highest BCUT2D eigenvalue weighted by atomic mass is 19.4. The van der Waals surface area contributed by atoms with Gasteiger partial charge in [0.2, 0.25) is 5.88 Å². The third kappa shape index (κ3) is 5.93. The van der Waals surface area contributed by atoms with Crippen LogP contribution in [-0.2, 0) is 12.4 Å². The lowest BCUT2D eigenvalue weighted by Crippen LogP contribution is -2.54. The molecular weight excluding hydrogens is 478 g/mol. The summed E-state index contributed by atoms with van der Waals surface area (Å²) in [6, 6.07) is 4.51. The number of hydrogen-bond donors (Lipinski definition) is 0. The predicted molar refractivity (Wildman–Crippen MR) is 113 cm³/mol. The van der Waals surface area contributed by atoms with Gasteiger partial charge in [0.25, 0.3) is 0 Å². The van der Waals surface area contributed by atoms with Gasteiger partial charge in [-0.25, -0.2) is 4.98 Å². The quantitative estimate of drug-likeness (QED) is 0.351. The highest BCUT2D eigenvalue weighted by Gasteiger charge is 2.40. The van der Waals surface area contributed by atoms with Crippen molar-refractivity contribution in [1.29, 1.82) is 0 Å². The van der Waals surface area contributed by atoms with E-state index in [1.165, 1.54) is 6.07 Å². The molecule has 1 saturated heterocycles. The molecule has 0 aliphatic carbocycles. The molecule has 0 amide bonds. The second-order valence-electron chi connectivity index (χ2n) is 8.25. The van der Waals surface area contributed by atoms with Gasteiger partial charge in [-0.15, -0.1) is 5.06 Å². The second-order valence-corrected chi connectivity index (χ2v) is 8.25. The molecule has 11 heteroatoms. The van der Waals surface area contributed by atoms with Crippen LogP contribution in [0.15, 0.2) is 36.5 Å². The van der Waals surface area contributed by atoms with E-state index in [2.05, 4.69) is 16.8 Å². The molecule has 5 nitrogen and oxygen atoms in total. The molecule has 2 aliphatic heterocycles. The number of piperidine rings is 1. The van der Waals surface area contributed by atoms with E-state index in [9.17, 15) is 26.3 Å². The number of alkyl halides is 6. The number of hydroxylamine groups is 2. The van der Waals surface area contributed by atoms with Crippen LogP contribution in [0.25, 0.3) is 0 Å². The van der Waals surface area contributed by atoms with E-state index in [0.717, 1.165) is 24.3 Å². The summed E-state index contributed by atoms with van der Waals surface area (Å²) >= 11 is 0. The van der Waals surface area contributed by atoms with Gasteiger partial charge in [0, 0.05) is 31.5 Å². The van der Waals surface area contributed by atoms with Crippen LogP contribution >= 0.6 is 0 Å². The number of benzene rings is 1. The average Bonchev–Trinajstić information content (AvgIpc) is 2.78. The number of nitrogens with zero attached hydrogens (tertiary/aromatic N) is 2. The summed E-state index contributed by atoms with van der Waals surface area (Å²) in [5.41, 5.74) is -1.71. The number of rotatable bonds is 7. The third-order valence-electron chi connectivity index (χ3n) is 5.58. The van der Waals surface area contributed by atoms with E-state index >= 15 is 0 Å². The lowest BCUT2D eigenvalue weighted by molar-refractivity contribution is -0.155. The van der Waals surface area contributed by atoms with E-state index in [1.54, 1.807) is 5.06 Å². The van der Waals surface area contributed by atoms with E-state index in [4.69, 9.17) is 14.3 Å². The molecule has 188 valence electrons. The summed E-state index contributed by atoms with van der Waals surface area (Å²) < 4.78 is 89.3. The molecule has 2 aliphatic rings. The Morgan fingerprint density at radius 3 is 2.37 bits per heavy atom. The Morgan fingerprint density at radius 2 is 1.74 bits per heavy atom. The maximum absolute atomic E-state index is 13.1. The van der Waals surface area contributed by atoms with Crippen LogP contribution in [0.2, 0.25) is 0 Å². The summed E-state index contributed by atoms with van der Waals surface area (Å²) in [6.45, 7) is 2.08. The van der Waals surface area contributed by atoms with Crippen LogP contribution in [0.3, 0.4) is 0 Å². The molecule has 35 heavy (non-hydrogen) atoms. The molecule has 1 fully saturated rings. The van der Waals surface area contributed by atoms with E-state index in [-0.39, 0.29) is 36.1 Å². The summed E-state index contributed by atoms with van der Waals surface area (Å²) in [5.74, 6) is 6.30. The Kier molecular flexibility index (Phi) is 7.03. The van der Waals surface area contributed by atoms with E-state index < -0.39 is 29.5 Å². The Bertz CT molecular complexity index is 1090. The number of ether oxygens (including phenoxy) is 2. The molecular formula is C24H22F6N2O3. The van der Waals surface area contributed by atoms with Gasteiger partial charge in [0.15, 0.2) is 11.5 Å². The van der Waals surface area contributed by atoms with Crippen molar-refractivity contribution in [3.63, 3.8) is 0 Å². The van der Waals surface area contributed by atoms with Crippen LogP contribution in [0.4, 0.5) is 26.3 Å². The van der Waals surface area contributed by atoms with Crippen molar-refractivity contribution in [3.8, 4) is 29.2 Å². The second kappa shape index (κ2) is 9.85. The molecule has 0 N–H and O–H groups in total. The van der Waals surface area contributed by atoms with Crippen LogP contribution < -0.4 is 14.3 Å². The highest BCUT2D eigenvalue weighted by molar-refractivity contribution is 5.44. The van der Waals surface area contributed by atoms with E-state index in [1.807, 2.05) is 6.92 Å². The first-order valence-electron chi connectivity index (χ1n) is 11.0. The maximum Gasteiger partial charge on any atom is 0.417 e. The van der Waals surface area contributed by atoms with Crippen LogP contribution in [0.1, 0.15) is 43.7 Å². The van der Waals surface area contributed by atoms with Gasteiger partial charge >= 0.3 is 12.4 Å². The first-order valence-corrected chi connectivity index (χ1v) is 11.0. The smallest absolute Gasteiger partial charge is 0.417 e. The van der Waals surface area contributed by atoms with Gasteiger partial charge in [0.1, 0.15) is 12.1 Å². The molecule has 1 aromatic carbocycles. The van der Waals surface area contributed by atoms with Gasteiger partial charge < -0.3 is 14.3 Å². The molecule has 0 unspecified atom stereocenters. The summed E-state index contributed by atoms with van der Waals surface area (Å²) in [6.07, 6.45) is -6.81. The largest absolute Gasteiger partial charge is 0.490 e. The molecule has 2 aromatic rings. The topological polar surface area (TPSA) is 43.8 Å². The molecule has 2 bridgehead atoms. The van der Waals surface area contributed by atoms with Crippen molar-refractivity contribution in [3.05, 3.63) is 47.7 Å². The standard InChI is InChI=1S/C24H22F6N2O3/c1-2-10-33-21-11-15(23(25,26)27)6-8-20(21)34-19-12-17-4-3-5-18(13-19)32(17)35-22-9-7-16(14-31-22)24(28,29)30/h6-9,11,14,17-19H,2,4,10,12-13H2,1H3/t17-,18+,19+/m1/s1. The maximum atomic E-state index is 13.1. The fraction of sp³-hybridized carbons (Fsp3) is 0.458. The Balaban J connectivity index is 1.46. The third-order valence-corrected chi connectivity index (χ3v) is 5.58. The highest BCUT2D eigenvalue weighted by Crippen LogP contribution is 2.39. The number of fused-ring (bicyclic) bond motifs is 2. The number of pyridine rings is 1. The number of aromatic nitrogens is 1. The van der Waals surface area contributed by atoms with Crippen LogP contribution in [0.5, 0.6) is 17.4 Å². The first-order chi connectivity index (χ1) is 16.5.